The van der Waals surface area contributed by atoms with Crippen LogP contribution >= 0.6 is 0 Å². The van der Waals surface area contributed by atoms with Crippen LogP contribution in [-0.2, 0) is 0 Å². The molecule has 11 aromatic rings. The average molecular weight is 673 g/mol. The van der Waals surface area contributed by atoms with Gasteiger partial charge < -0.3 is 4.42 Å². The van der Waals surface area contributed by atoms with Crippen LogP contribution in [0, 0.1) is 0 Å². The van der Waals surface area contributed by atoms with Crippen molar-refractivity contribution in [3.8, 4) is 44.5 Å². The van der Waals surface area contributed by atoms with Crippen molar-refractivity contribution in [2.45, 2.75) is 0 Å². The van der Waals surface area contributed by atoms with Gasteiger partial charge >= 0.3 is 0 Å². The summed E-state index contributed by atoms with van der Waals surface area (Å²) in [5, 5.41) is 12.3. The molecule has 0 saturated carbocycles. The first-order valence-corrected chi connectivity index (χ1v) is 18.3. The Kier molecular flexibility index (Phi) is 6.62. The molecule has 0 amide bonds. The van der Waals surface area contributed by atoms with E-state index >= 15 is 0 Å². The Morgan fingerprint density at radius 1 is 0.245 bits per heavy atom. The van der Waals surface area contributed by atoms with Crippen LogP contribution in [0.2, 0.25) is 0 Å². The zero-order valence-corrected chi connectivity index (χ0v) is 28.9. The molecule has 0 N–H and O–H groups in total. The van der Waals surface area contributed by atoms with Crippen LogP contribution in [0.1, 0.15) is 0 Å². The standard InChI is InChI=1S/C52H32O/c1-3-15-39-33(11-1)13-9-20-40(39)35-23-25-36(26-24-35)51-44-18-5-6-19-45(44)52(43-21-10-14-34-12-2-4-16-41(34)43)46-29-27-37(32-48(46)51)38-28-30-50-47(31-38)42-17-7-8-22-49(42)53-50/h1-32H. The third-order valence-electron chi connectivity index (χ3n) is 11.1. The molecular formula is C52H32O. The largest absolute Gasteiger partial charge is 0.456 e. The van der Waals surface area contributed by atoms with E-state index in [0.717, 1.165) is 21.9 Å². The maximum atomic E-state index is 6.20. The predicted molar refractivity (Wildman–Crippen MR) is 225 cm³/mol. The normalized spacial score (nSPS) is 11.8. The van der Waals surface area contributed by atoms with Gasteiger partial charge in [-0.15, -0.1) is 0 Å². The fourth-order valence-electron chi connectivity index (χ4n) is 8.60. The molecule has 246 valence electrons. The molecule has 0 fully saturated rings. The first kappa shape index (κ1) is 29.7. The predicted octanol–water partition coefficient (Wildman–Crippen LogP) is 14.9. The van der Waals surface area contributed by atoms with Crippen molar-refractivity contribution < 1.29 is 4.42 Å². The van der Waals surface area contributed by atoms with Gasteiger partial charge in [-0.2, -0.15) is 0 Å². The lowest BCUT2D eigenvalue weighted by molar-refractivity contribution is 0.669. The van der Waals surface area contributed by atoms with Crippen LogP contribution in [0.4, 0.5) is 0 Å². The molecule has 53 heavy (non-hydrogen) atoms. The van der Waals surface area contributed by atoms with Crippen LogP contribution in [0.3, 0.4) is 0 Å². The second-order valence-electron chi connectivity index (χ2n) is 14.0. The zero-order chi connectivity index (χ0) is 34.9. The minimum Gasteiger partial charge on any atom is -0.456 e. The SMILES string of the molecule is c1ccc2c(-c3ccc(-c4c5ccccc5c(-c5cccc6ccccc56)c5ccc(-c6ccc7oc8ccccc8c7c6)cc45)cc3)cccc2c1. The highest BCUT2D eigenvalue weighted by molar-refractivity contribution is 6.24. The van der Waals surface area contributed by atoms with Gasteiger partial charge in [0.15, 0.2) is 0 Å². The summed E-state index contributed by atoms with van der Waals surface area (Å²) in [6.07, 6.45) is 0. The minimum atomic E-state index is 0.909. The molecule has 0 radical (unpaired) electrons. The van der Waals surface area contributed by atoms with E-state index in [0.29, 0.717) is 0 Å². The van der Waals surface area contributed by atoms with Crippen molar-refractivity contribution in [2.24, 2.45) is 0 Å². The van der Waals surface area contributed by atoms with Crippen LogP contribution in [-0.4, -0.2) is 0 Å². The lowest BCUT2D eigenvalue weighted by atomic mass is 9.83. The molecule has 10 aromatic carbocycles. The van der Waals surface area contributed by atoms with E-state index in [1.165, 1.54) is 87.6 Å². The Morgan fingerprint density at radius 2 is 0.717 bits per heavy atom. The number of benzene rings is 10. The number of furan rings is 1. The topological polar surface area (TPSA) is 13.1 Å². The number of fused-ring (bicyclic) bond motifs is 7. The maximum Gasteiger partial charge on any atom is 0.135 e. The Morgan fingerprint density at radius 3 is 1.45 bits per heavy atom. The average Bonchev–Trinajstić information content (AvgIpc) is 3.60. The van der Waals surface area contributed by atoms with Gasteiger partial charge in [0.2, 0.25) is 0 Å². The minimum absolute atomic E-state index is 0.909. The first-order chi connectivity index (χ1) is 26.3. The number of para-hydroxylation sites is 1. The van der Waals surface area contributed by atoms with Gasteiger partial charge in [-0.1, -0.05) is 170 Å². The molecule has 0 aliphatic rings. The maximum absolute atomic E-state index is 6.20. The molecule has 1 heteroatoms. The summed E-state index contributed by atoms with van der Waals surface area (Å²) in [6.45, 7) is 0. The number of hydrogen-bond acceptors (Lipinski definition) is 1. The Bertz CT molecular complexity index is 3210. The fraction of sp³-hybridized carbons (Fsp3) is 0. The highest BCUT2D eigenvalue weighted by atomic mass is 16.3. The highest BCUT2D eigenvalue weighted by Crippen LogP contribution is 2.47. The first-order valence-electron chi connectivity index (χ1n) is 18.3. The van der Waals surface area contributed by atoms with E-state index in [1.54, 1.807) is 0 Å². The quantitative estimate of drug-likeness (QED) is 0.170. The third kappa shape index (κ3) is 4.71. The summed E-state index contributed by atoms with van der Waals surface area (Å²) in [7, 11) is 0. The van der Waals surface area contributed by atoms with E-state index in [9.17, 15) is 0 Å². The summed E-state index contributed by atoms with van der Waals surface area (Å²) in [6, 6.07) is 70.7. The zero-order valence-electron chi connectivity index (χ0n) is 28.9. The van der Waals surface area contributed by atoms with Crippen LogP contribution in [0.5, 0.6) is 0 Å². The summed E-state index contributed by atoms with van der Waals surface area (Å²) < 4.78 is 6.20. The van der Waals surface area contributed by atoms with E-state index in [-0.39, 0.29) is 0 Å². The second kappa shape index (κ2) is 11.8. The third-order valence-corrected chi connectivity index (χ3v) is 11.1. The lowest BCUT2D eigenvalue weighted by Gasteiger charge is -2.20. The monoisotopic (exact) mass is 672 g/mol. The van der Waals surface area contributed by atoms with Crippen molar-refractivity contribution in [3.05, 3.63) is 194 Å². The molecule has 0 aliphatic carbocycles. The second-order valence-corrected chi connectivity index (χ2v) is 14.0. The Balaban J connectivity index is 1.19. The van der Waals surface area contributed by atoms with E-state index in [4.69, 9.17) is 4.42 Å². The van der Waals surface area contributed by atoms with E-state index < -0.39 is 0 Å². The van der Waals surface area contributed by atoms with Gasteiger partial charge in [0.1, 0.15) is 11.2 Å². The smallest absolute Gasteiger partial charge is 0.135 e. The van der Waals surface area contributed by atoms with Gasteiger partial charge in [-0.25, -0.2) is 0 Å². The van der Waals surface area contributed by atoms with Crippen LogP contribution < -0.4 is 0 Å². The molecule has 0 spiro atoms. The van der Waals surface area contributed by atoms with Crippen molar-refractivity contribution in [2.75, 3.05) is 0 Å². The fourth-order valence-corrected chi connectivity index (χ4v) is 8.60. The van der Waals surface area contributed by atoms with Crippen molar-refractivity contribution in [1.29, 1.82) is 0 Å². The van der Waals surface area contributed by atoms with Gasteiger partial charge in [0.05, 0.1) is 0 Å². The molecule has 0 atom stereocenters. The Labute approximate surface area is 307 Å². The molecular weight excluding hydrogens is 641 g/mol. The van der Waals surface area contributed by atoms with Gasteiger partial charge in [0, 0.05) is 10.8 Å². The summed E-state index contributed by atoms with van der Waals surface area (Å²) >= 11 is 0. The highest BCUT2D eigenvalue weighted by Gasteiger charge is 2.19. The molecule has 0 bridgehead atoms. The molecule has 11 rings (SSSR count). The van der Waals surface area contributed by atoms with Crippen molar-refractivity contribution in [1.82, 2.24) is 0 Å². The Hall–Kier alpha value is -6.96. The van der Waals surface area contributed by atoms with Crippen LogP contribution in [0.25, 0.3) is 110 Å². The van der Waals surface area contributed by atoms with E-state index in [2.05, 4.69) is 182 Å². The van der Waals surface area contributed by atoms with Crippen molar-refractivity contribution in [3.63, 3.8) is 0 Å². The van der Waals surface area contributed by atoms with Gasteiger partial charge in [-0.3, -0.25) is 0 Å². The molecule has 1 nitrogen and oxygen atoms in total. The summed E-state index contributed by atoms with van der Waals surface area (Å²) in [5.41, 5.74) is 11.6. The summed E-state index contributed by atoms with van der Waals surface area (Å²) in [4.78, 5) is 0. The van der Waals surface area contributed by atoms with Gasteiger partial charge in [-0.05, 0) is 112 Å². The summed E-state index contributed by atoms with van der Waals surface area (Å²) in [5.74, 6) is 0. The molecule has 0 aliphatic heterocycles. The number of rotatable bonds is 4. The molecule has 1 heterocycles. The lowest BCUT2D eigenvalue weighted by Crippen LogP contribution is -1.92. The van der Waals surface area contributed by atoms with Gasteiger partial charge in [0.25, 0.3) is 0 Å². The molecule has 0 unspecified atom stereocenters. The van der Waals surface area contributed by atoms with Crippen molar-refractivity contribution >= 4 is 65.0 Å². The van der Waals surface area contributed by atoms with Crippen LogP contribution in [0.15, 0.2) is 199 Å². The van der Waals surface area contributed by atoms with E-state index in [1.807, 2.05) is 12.1 Å². The molecule has 1 aromatic heterocycles. The number of hydrogen-bond donors (Lipinski definition) is 0. The molecule has 0 saturated heterocycles.